The number of hydrogen-bond acceptors (Lipinski definition) is 4. The first-order valence-electron chi connectivity index (χ1n) is 5.73. The van der Waals surface area contributed by atoms with Gasteiger partial charge in [0.05, 0.1) is 24.5 Å². The van der Waals surface area contributed by atoms with Crippen molar-refractivity contribution in [3.63, 3.8) is 0 Å². The number of morpholine rings is 1. The minimum Gasteiger partial charge on any atom is -0.478 e. The molecular formula is C12H13BrN2O4. The fourth-order valence-corrected chi connectivity index (χ4v) is 2.12. The molecule has 0 aliphatic carbocycles. The SMILES string of the molecule is O=C(O)c1ccc(Br)cc1NC(=O)C1COCCN1. The molecule has 1 amide bonds. The predicted octanol–water partition coefficient (Wildman–Crippen LogP) is 1.07. The van der Waals surface area contributed by atoms with Gasteiger partial charge >= 0.3 is 5.97 Å². The monoisotopic (exact) mass is 328 g/mol. The number of hydrogen-bond donors (Lipinski definition) is 3. The van der Waals surface area contributed by atoms with Gasteiger partial charge in [0.25, 0.3) is 0 Å². The number of halogens is 1. The number of carboxylic acids is 1. The number of ether oxygens (including phenoxy) is 1. The maximum absolute atomic E-state index is 12.0. The lowest BCUT2D eigenvalue weighted by Gasteiger charge is -2.23. The van der Waals surface area contributed by atoms with Crippen LogP contribution in [0.25, 0.3) is 0 Å². The zero-order chi connectivity index (χ0) is 13.8. The average Bonchev–Trinajstić information content (AvgIpc) is 2.39. The van der Waals surface area contributed by atoms with Gasteiger partial charge in [-0.1, -0.05) is 15.9 Å². The number of nitrogens with one attached hydrogen (secondary N) is 2. The molecule has 0 aromatic heterocycles. The van der Waals surface area contributed by atoms with Crippen molar-refractivity contribution in [1.82, 2.24) is 5.32 Å². The number of carbonyl (C=O) groups is 2. The third-order valence-electron chi connectivity index (χ3n) is 2.71. The minimum absolute atomic E-state index is 0.0493. The normalized spacial score (nSPS) is 18.9. The van der Waals surface area contributed by atoms with E-state index >= 15 is 0 Å². The van der Waals surface area contributed by atoms with Crippen LogP contribution in [-0.2, 0) is 9.53 Å². The van der Waals surface area contributed by atoms with Gasteiger partial charge in [0.1, 0.15) is 6.04 Å². The number of carbonyl (C=O) groups excluding carboxylic acids is 1. The van der Waals surface area contributed by atoms with E-state index in [1.165, 1.54) is 6.07 Å². The fraction of sp³-hybridized carbons (Fsp3) is 0.333. The number of carboxylic acid groups (broad SMARTS) is 1. The Kier molecular flexibility index (Phi) is 4.52. The Morgan fingerprint density at radius 2 is 2.26 bits per heavy atom. The van der Waals surface area contributed by atoms with Crippen molar-refractivity contribution in [2.45, 2.75) is 6.04 Å². The van der Waals surface area contributed by atoms with Crippen LogP contribution in [0.2, 0.25) is 0 Å². The van der Waals surface area contributed by atoms with Gasteiger partial charge in [0.15, 0.2) is 0 Å². The van der Waals surface area contributed by atoms with Gasteiger partial charge in [-0.25, -0.2) is 4.79 Å². The molecular weight excluding hydrogens is 316 g/mol. The van der Waals surface area contributed by atoms with Crippen LogP contribution in [0, 0.1) is 0 Å². The Morgan fingerprint density at radius 3 is 2.89 bits per heavy atom. The summed E-state index contributed by atoms with van der Waals surface area (Å²) in [6, 6.07) is 4.15. The van der Waals surface area contributed by atoms with E-state index in [9.17, 15) is 9.59 Å². The lowest BCUT2D eigenvalue weighted by Crippen LogP contribution is -2.49. The van der Waals surface area contributed by atoms with E-state index in [1.807, 2.05) is 0 Å². The van der Waals surface area contributed by atoms with Gasteiger partial charge in [0.2, 0.25) is 5.91 Å². The largest absolute Gasteiger partial charge is 0.478 e. The summed E-state index contributed by atoms with van der Waals surface area (Å²) in [5.74, 6) is -1.39. The molecule has 0 spiro atoms. The number of aromatic carboxylic acids is 1. The van der Waals surface area contributed by atoms with E-state index in [2.05, 4.69) is 26.6 Å². The summed E-state index contributed by atoms with van der Waals surface area (Å²) in [4.78, 5) is 23.1. The molecule has 0 saturated carbocycles. The highest BCUT2D eigenvalue weighted by atomic mass is 79.9. The van der Waals surface area contributed by atoms with Crippen LogP contribution in [0.15, 0.2) is 22.7 Å². The second-order valence-corrected chi connectivity index (χ2v) is 4.98. The van der Waals surface area contributed by atoms with Gasteiger partial charge in [-0.3, -0.25) is 4.79 Å². The summed E-state index contributed by atoms with van der Waals surface area (Å²) in [7, 11) is 0. The summed E-state index contributed by atoms with van der Waals surface area (Å²) in [6.07, 6.45) is 0. The van der Waals surface area contributed by atoms with E-state index in [0.717, 1.165) is 0 Å². The first-order valence-corrected chi connectivity index (χ1v) is 6.52. The highest BCUT2D eigenvalue weighted by molar-refractivity contribution is 9.10. The summed E-state index contributed by atoms with van der Waals surface area (Å²) in [6.45, 7) is 1.45. The molecule has 2 rings (SSSR count). The minimum atomic E-state index is -1.09. The average molecular weight is 329 g/mol. The molecule has 0 radical (unpaired) electrons. The molecule has 3 N–H and O–H groups in total. The Labute approximate surface area is 118 Å². The Bertz CT molecular complexity index is 501. The lowest BCUT2D eigenvalue weighted by molar-refractivity contribution is -0.120. The zero-order valence-electron chi connectivity index (χ0n) is 9.98. The second-order valence-electron chi connectivity index (χ2n) is 4.07. The molecule has 1 aromatic rings. The lowest BCUT2D eigenvalue weighted by atomic mass is 10.1. The van der Waals surface area contributed by atoms with Crippen LogP contribution in [-0.4, -0.2) is 42.8 Å². The topological polar surface area (TPSA) is 87.7 Å². The molecule has 6 nitrogen and oxygen atoms in total. The highest BCUT2D eigenvalue weighted by Gasteiger charge is 2.22. The zero-order valence-corrected chi connectivity index (χ0v) is 11.6. The van der Waals surface area contributed by atoms with Crippen LogP contribution in [0.4, 0.5) is 5.69 Å². The number of amides is 1. The van der Waals surface area contributed by atoms with Crippen molar-refractivity contribution in [3.8, 4) is 0 Å². The number of benzene rings is 1. The number of anilines is 1. The molecule has 7 heteroatoms. The number of rotatable bonds is 3. The highest BCUT2D eigenvalue weighted by Crippen LogP contribution is 2.21. The Morgan fingerprint density at radius 1 is 1.47 bits per heavy atom. The van der Waals surface area contributed by atoms with E-state index in [4.69, 9.17) is 9.84 Å². The molecule has 1 aromatic carbocycles. The van der Waals surface area contributed by atoms with Crippen molar-refractivity contribution in [2.24, 2.45) is 0 Å². The van der Waals surface area contributed by atoms with E-state index in [-0.39, 0.29) is 23.8 Å². The van der Waals surface area contributed by atoms with E-state index in [0.29, 0.717) is 17.6 Å². The third-order valence-corrected chi connectivity index (χ3v) is 3.20. The van der Waals surface area contributed by atoms with Crippen molar-refractivity contribution >= 4 is 33.5 Å². The molecule has 1 aliphatic heterocycles. The molecule has 1 unspecified atom stereocenters. The second kappa shape index (κ2) is 6.14. The maximum atomic E-state index is 12.0. The molecule has 1 aliphatic rings. The van der Waals surface area contributed by atoms with Gasteiger partial charge in [-0.05, 0) is 18.2 Å². The van der Waals surface area contributed by atoms with Crippen LogP contribution in [0.3, 0.4) is 0 Å². The van der Waals surface area contributed by atoms with Crippen molar-refractivity contribution in [1.29, 1.82) is 0 Å². The molecule has 1 atom stereocenters. The molecule has 1 fully saturated rings. The van der Waals surface area contributed by atoms with Crippen LogP contribution < -0.4 is 10.6 Å². The molecule has 0 bridgehead atoms. The van der Waals surface area contributed by atoms with Crippen LogP contribution in [0.1, 0.15) is 10.4 Å². The summed E-state index contributed by atoms with van der Waals surface area (Å²) >= 11 is 3.25. The first-order chi connectivity index (χ1) is 9.08. The molecule has 19 heavy (non-hydrogen) atoms. The van der Waals surface area contributed by atoms with Crippen molar-refractivity contribution in [2.75, 3.05) is 25.1 Å². The van der Waals surface area contributed by atoms with Crippen LogP contribution in [0.5, 0.6) is 0 Å². The maximum Gasteiger partial charge on any atom is 0.337 e. The predicted molar refractivity (Wildman–Crippen MR) is 72.3 cm³/mol. The standard InChI is InChI=1S/C12H13BrN2O4/c13-7-1-2-8(12(17)18)9(5-7)15-11(16)10-6-19-4-3-14-10/h1-2,5,10,14H,3-4,6H2,(H,15,16)(H,17,18). The molecule has 1 saturated heterocycles. The fourth-order valence-electron chi connectivity index (χ4n) is 1.76. The summed E-state index contributed by atoms with van der Waals surface area (Å²) in [5, 5.41) is 14.7. The van der Waals surface area contributed by atoms with Gasteiger partial charge in [-0.15, -0.1) is 0 Å². The smallest absolute Gasteiger partial charge is 0.337 e. The summed E-state index contributed by atoms with van der Waals surface area (Å²) in [5.41, 5.74) is 0.313. The van der Waals surface area contributed by atoms with Crippen molar-refractivity contribution in [3.05, 3.63) is 28.2 Å². The summed E-state index contributed by atoms with van der Waals surface area (Å²) < 4.78 is 5.89. The first kappa shape index (κ1) is 14.0. The molecule has 102 valence electrons. The molecule has 1 heterocycles. The van der Waals surface area contributed by atoms with Gasteiger partial charge in [-0.2, -0.15) is 0 Å². The Balaban J connectivity index is 2.15. The van der Waals surface area contributed by atoms with E-state index < -0.39 is 12.0 Å². The van der Waals surface area contributed by atoms with E-state index in [1.54, 1.807) is 12.1 Å². The van der Waals surface area contributed by atoms with Crippen LogP contribution >= 0.6 is 15.9 Å². The Hall–Kier alpha value is -1.44. The van der Waals surface area contributed by atoms with Gasteiger partial charge in [0, 0.05) is 11.0 Å². The van der Waals surface area contributed by atoms with Gasteiger partial charge < -0.3 is 20.5 Å². The van der Waals surface area contributed by atoms with Crippen molar-refractivity contribution < 1.29 is 19.4 Å². The quantitative estimate of drug-likeness (QED) is 0.772. The third kappa shape index (κ3) is 3.52.